The second-order valence-corrected chi connectivity index (χ2v) is 8.52. The third kappa shape index (κ3) is 5.81. The van der Waals surface area contributed by atoms with Crippen LogP contribution >= 0.6 is 11.8 Å². The molecule has 0 aliphatic rings. The van der Waals surface area contributed by atoms with Crippen molar-refractivity contribution in [2.75, 3.05) is 18.2 Å². The van der Waals surface area contributed by atoms with E-state index in [0.717, 1.165) is 40.0 Å². The fourth-order valence-corrected chi connectivity index (χ4v) is 4.23. The number of rotatable bonds is 9. The van der Waals surface area contributed by atoms with Crippen LogP contribution in [0.15, 0.2) is 84.0 Å². The van der Waals surface area contributed by atoms with Gasteiger partial charge in [-0.1, -0.05) is 60.3 Å². The first-order valence-corrected chi connectivity index (χ1v) is 11.7. The Hall–Kier alpha value is -3.58. The number of carbonyl (C=O) groups is 1. The van der Waals surface area contributed by atoms with Gasteiger partial charge in [0.1, 0.15) is 5.75 Å². The van der Waals surface area contributed by atoms with Crippen molar-refractivity contribution in [3.05, 3.63) is 90.0 Å². The van der Waals surface area contributed by atoms with Crippen LogP contribution in [0.4, 0.5) is 5.69 Å². The molecule has 0 unspecified atom stereocenters. The van der Waals surface area contributed by atoms with Gasteiger partial charge in [-0.25, -0.2) is 0 Å². The minimum Gasteiger partial charge on any atom is -0.497 e. The van der Waals surface area contributed by atoms with Crippen LogP contribution in [-0.2, 0) is 17.8 Å². The molecule has 0 atom stereocenters. The Labute approximate surface area is 198 Å². The lowest BCUT2D eigenvalue weighted by Crippen LogP contribution is -2.15. The Morgan fingerprint density at radius 1 is 0.970 bits per heavy atom. The molecule has 0 saturated carbocycles. The summed E-state index contributed by atoms with van der Waals surface area (Å²) in [5.41, 5.74) is 4.05. The van der Waals surface area contributed by atoms with Crippen molar-refractivity contribution in [2.24, 2.45) is 0 Å². The van der Waals surface area contributed by atoms with E-state index in [2.05, 4.69) is 32.2 Å². The summed E-state index contributed by atoms with van der Waals surface area (Å²) in [5, 5.41) is 12.6. The Balaban J connectivity index is 1.52. The molecule has 0 radical (unpaired) electrons. The van der Waals surface area contributed by atoms with Gasteiger partial charge in [-0.05, 0) is 54.8 Å². The number of hydrogen-bond acceptors (Lipinski definition) is 5. The average Bonchev–Trinajstić information content (AvgIpc) is 3.26. The molecule has 0 spiro atoms. The molecule has 7 heteroatoms. The molecule has 33 heavy (non-hydrogen) atoms. The summed E-state index contributed by atoms with van der Waals surface area (Å²) in [4.78, 5) is 12.6. The van der Waals surface area contributed by atoms with E-state index in [4.69, 9.17) is 4.74 Å². The molecular weight excluding hydrogens is 432 g/mol. The topological polar surface area (TPSA) is 69.0 Å². The third-order valence-electron chi connectivity index (χ3n) is 5.28. The van der Waals surface area contributed by atoms with E-state index in [1.54, 1.807) is 7.11 Å². The van der Waals surface area contributed by atoms with Gasteiger partial charge in [-0.2, -0.15) is 0 Å². The lowest BCUT2D eigenvalue weighted by Gasteiger charge is -2.11. The Morgan fingerprint density at radius 3 is 2.42 bits per heavy atom. The molecule has 0 saturated heterocycles. The molecule has 1 aromatic heterocycles. The highest BCUT2D eigenvalue weighted by atomic mass is 32.2. The predicted molar refractivity (Wildman–Crippen MR) is 133 cm³/mol. The lowest BCUT2D eigenvalue weighted by atomic mass is 10.1. The first-order chi connectivity index (χ1) is 16.1. The Morgan fingerprint density at radius 2 is 1.70 bits per heavy atom. The lowest BCUT2D eigenvalue weighted by molar-refractivity contribution is -0.113. The van der Waals surface area contributed by atoms with E-state index >= 15 is 0 Å². The number of amides is 1. The van der Waals surface area contributed by atoms with Crippen molar-refractivity contribution in [1.82, 2.24) is 14.8 Å². The van der Waals surface area contributed by atoms with Crippen LogP contribution in [0.2, 0.25) is 0 Å². The molecule has 4 rings (SSSR count). The summed E-state index contributed by atoms with van der Waals surface area (Å²) in [5.74, 6) is 1.74. The van der Waals surface area contributed by atoms with Gasteiger partial charge >= 0.3 is 0 Å². The van der Waals surface area contributed by atoms with Crippen LogP contribution in [0.25, 0.3) is 11.4 Å². The summed E-state index contributed by atoms with van der Waals surface area (Å²) < 4.78 is 7.36. The molecule has 0 aliphatic heterocycles. The number of methoxy groups -OCH3 is 1. The van der Waals surface area contributed by atoms with Crippen LogP contribution in [0, 0.1) is 6.92 Å². The number of anilines is 1. The Bertz CT molecular complexity index is 1210. The number of ether oxygens (including phenoxy) is 1. The van der Waals surface area contributed by atoms with Gasteiger partial charge in [0, 0.05) is 17.8 Å². The van der Waals surface area contributed by atoms with Gasteiger partial charge in [0.2, 0.25) is 5.91 Å². The molecule has 1 N–H and O–H groups in total. The zero-order valence-electron chi connectivity index (χ0n) is 18.7. The first kappa shape index (κ1) is 22.6. The number of carbonyl (C=O) groups excluding carboxylic acids is 1. The highest BCUT2D eigenvalue weighted by Crippen LogP contribution is 2.26. The molecule has 1 amide bonds. The van der Waals surface area contributed by atoms with Crippen LogP contribution in [0.5, 0.6) is 5.75 Å². The number of hydrogen-bond donors (Lipinski definition) is 1. The van der Waals surface area contributed by atoms with E-state index in [0.29, 0.717) is 6.54 Å². The highest BCUT2D eigenvalue weighted by molar-refractivity contribution is 7.99. The number of benzene rings is 3. The first-order valence-electron chi connectivity index (χ1n) is 10.7. The molecule has 3 aromatic carbocycles. The van der Waals surface area contributed by atoms with Crippen molar-refractivity contribution in [2.45, 2.75) is 25.0 Å². The second kappa shape index (κ2) is 10.8. The quantitative estimate of drug-likeness (QED) is 0.348. The molecule has 1 heterocycles. The maximum Gasteiger partial charge on any atom is 0.234 e. The van der Waals surface area contributed by atoms with Crippen LogP contribution in [-0.4, -0.2) is 33.5 Å². The monoisotopic (exact) mass is 458 g/mol. The van der Waals surface area contributed by atoms with E-state index < -0.39 is 0 Å². The predicted octanol–water partition coefficient (Wildman–Crippen LogP) is 5.24. The summed E-state index contributed by atoms with van der Waals surface area (Å²) >= 11 is 1.39. The van der Waals surface area contributed by atoms with Gasteiger partial charge < -0.3 is 14.6 Å². The van der Waals surface area contributed by atoms with Gasteiger partial charge in [0.05, 0.1) is 12.9 Å². The maximum absolute atomic E-state index is 12.6. The molecule has 0 aliphatic carbocycles. The standard InChI is InChI=1S/C26H26N4O2S/c1-19-8-6-7-11-23(19)27-24(31)18-33-26-29-28-25(21-12-14-22(32-2)15-13-21)30(26)17-16-20-9-4-3-5-10-20/h3-15H,16-18H2,1-2H3,(H,27,31). The van der Waals surface area contributed by atoms with E-state index in [1.165, 1.54) is 17.3 Å². The average molecular weight is 459 g/mol. The zero-order valence-corrected chi connectivity index (χ0v) is 19.5. The summed E-state index contributed by atoms with van der Waals surface area (Å²) in [6, 6.07) is 25.8. The largest absolute Gasteiger partial charge is 0.497 e. The maximum atomic E-state index is 12.6. The molecule has 168 valence electrons. The Kier molecular flexibility index (Phi) is 7.42. The molecule has 0 fully saturated rings. The smallest absolute Gasteiger partial charge is 0.234 e. The minimum absolute atomic E-state index is 0.0714. The summed E-state index contributed by atoms with van der Waals surface area (Å²) in [6.45, 7) is 2.68. The minimum atomic E-state index is -0.0714. The van der Waals surface area contributed by atoms with Crippen molar-refractivity contribution < 1.29 is 9.53 Å². The third-order valence-corrected chi connectivity index (χ3v) is 6.25. The van der Waals surface area contributed by atoms with Crippen molar-refractivity contribution in [1.29, 1.82) is 0 Å². The van der Waals surface area contributed by atoms with Crippen molar-refractivity contribution >= 4 is 23.4 Å². The van der Waals surface area contributed by atoms with Gasteiger partial charge in [0.25, 0.3) is 0 Å². The summed E-state index contributed by atoms with van der Waals surface area (Å²) in [6.07, 6.45) is 0.838. The van der Waals surface area contributed by atoms with Gasteiger partial charge in [-0.3, -0.25) is 4.79 Å². The second-order valence-electron chi connectivity index (χ2n) is 7.57. The summed E-state index contributed by atoms with van der Waals surface area (Å²) in [7, 11) is 1.65. The number of aryl methyl sites for hydroxylation is 2. The molecule has 6 nitrogen and oxygen atoms in total. The van der Waals surface area contributed by atoms with Gasteiger partial charge in [0.15, 0.2) is 11.0 Å². The number of thioether (sulfide) groups is 1. The number of nitrogens with one attached hydrogen (secondary N) is 1. The van der Waals surface area contributed by atoms with E-state index in [1.807, 2.05) is 73.7 Å². The van der Waals surface area contributed by atoms with Crippen molar-refractivity contribution in [3.8, 4) is 17.1 Å². The van der Waals surface area contributed by atoms with E-state index in [-0.39, 0.29) is 11.7 Å². The number of nitrogens with zero attached hydrogens (tertiary/aromatic N) is 3. The van der Waals surface area contributed by atoms with Gasteiger partial charge in [-0.15, -0.1) is 10.2 Å². The number of para-hydroxylation sites is 1. The molecule has 0 bridgehead atoms. The van der Waals surface area contributed by atoms with E-state index in [9.17, 15) is 4.79 Å². The van der Waals surface area contributed by atoms with Crippen LogP contribution in [0.1, 0.15) is 11.1 Å². The fourth-order valence-electron chi connectivity index (χ4n) is 3.47. The molecular formula is C26H26N4O2S. The highest BCUT2D eigenvalue weighted by Gasteiger charge is 2.16. The zero-order chi connectivity index (χ0) is 23.0. The SMILES string of the molecule is COc1ccc(-c2nnc(SCC(=O)Nc3ccccc3C)n2CCc2ccccc2)cc1. The normalized spacial score (nSPS) is 10.7. The van der Waals surface area contributed by atoms with Crippen LogP contribution in [0.3, 0.4) is 0 Å². The van der Waals surface area contributed by atoms with Crippen LogP contribution < -0.4 is 10.1 Å². The fraction of sp³-hybridized carbons (Fsp3) is 0.192. The molecule has 4 aromatic rings. The van der Waals surface area contributed by atoms with Crippen molar-refractivity contribution in [3.63, 3.8) is 0 Å². The number of aromatic nitrogens is 3.